The van der Waals surface area contributed by atoms with Gasteiger partial charge in [-0.3, -0.25) is 0 Å². The van der Waals surface area contributed by atoms with Gasteiger partial charge in [0.15, 0.2) is 0 Å². The molecule has 1 saturated carbocycles. The number of aromatic nitrogens is 2. The topological polar surface area (TPSA) is 37.8 Å². The van der Waals surface area contributed by atoms with Crippen molar-refractivity contribution in [3.63, 3.8) is 0 Å². The lowest BCUT2D eigenvalue weighted by molar-refractivity contribution is 0.696. The monoisotopic (exact) mass is 297 g/mol. The summed E-state index contributed by atoms with van der Waals surface area (Å²) >= 11 is 3.61. The van der Waals surface area contributed by atoms with Gasteiger partial charge in [0.2, 0.25) is 0 Å². The van der Waals surface area contributed by atoms with Crippen molar-refractivity contribution in [3.8, 4) is 0 Å². The van der Waals surface area contributed by atoms with Crippen LogP contribution in [0, 0.1) is 0 Å². The van der Waals surface area contributed by atoms with Crippen LogP contribution in [0.1, 0.15) is 51.6 Å². The molecule has 0 radical (unpaired) electrons. The maximum atomic E-state index is 4.70. The summed E-state index contributed by atoms with van der Waals surface area (Å²) in [5.74, 6) is 1.97. The van der Waals surface area contributed by atoms with Crippen LogP contribution in [0.15, 0.2) is 4.47 Å². The molecule has 1 heterocycles. The van der Waals surface area contributed by atoms with Crippen molar-refractivity contribution in [2.45, 2.75) is 51.9 Å². The summed E-state index contributed by atoms with van der Waals surface area (Å²) in [6.07, 6.45) is 4.47. The summed E-state index contributed by atoms with van der Waals surface area (Å²) in [5, 5.41) is 3.38. The fourth-order valence-electron chi connectivity index (χ4n) is 1.77. The van der Waals surface area contributed by atoms with Gasteiger partial charge < -0.3 is 5.32 Å². The van der Waals surface area contributed by atoms with E-state index in [2.05, 4.69) is 47.0 Å². The quantitative estimate of drug-likeness (QED) is 0.901. The zero-order chi connectivity index (χ0) is 12.5. The molecule has 1 N–H and O–H groups in total. The normalized spacial score (nSPS) is 16.9. The van der Waals surface area contributed by atoms with Crippen molar-refractivity contribution in [1.29, 1.82) is 0 Å². The summed E-state index contributed by atoms with van der Waals surface area (Å²) in [6, 6.07) is 0. The standard InChI is InChI=1S/C13H20BrN3/c1-4-8-15-11-10(14)9(5-2)16-12(17-11)13(3)6-7-13/h4-8H2,1-3H3,(H,15,16,17). The number of rotatable bonds is 5. The minimum atomic E-state index is 0.229. The van der Waals surface area contributed by atoms with Crippen LogP contribution in [-0.4, -0.2) is 16.5 Å². The van der Waals surface area contributed by atoms with Crippen molar-refractivity contribution in [3.05, 3.63) is 16.0 Å². The minimum absolute atomic E-state index is 0.229. The van der Waals surface area contributed by atoms with E-state index in [1.165, 1.54) is 12.8 Å². The number of nitrogens with one attached hydrogen (secondary N) is 1. The van der Waals surface area contributed by atoms with Crippen molar-refractivity contribution >= 4 is 21.7 Å². The van der Waals surface area contributed by atoms with E-state index in [4.69, 9.17) is 4.98 Å². The molecule has 1 aromatic heterocycles. The molecular formula is C13H20BrN3. The van der Waals surface area contributed by atoms with Gasteiger partial charge in [-0.05, 0) is 41.6 Å². The number of anilines is 1. The molecule has 1 aromatic rings. The van der Waals surface area contributed by atoms with Crippen LogP contribution in [0.3, 0.4) is 0 Å². The minimum Gasteiger partial charge on any atom is -0.369 e. The highest BCUT2D eigenvalue weighted by Gasteiger charge is 2.42. The van der Waals surface area contributed by atoms with Crippen LogP contribution < -0.4 is 5.32 Å². The maximum absolute atomic E-state index is 4.70. The number of hydrogen-bond donors (Lipinski definition) is 1. The highest BCUT2D eigenvalue weighted by molar-refractivity contribution is 9.10. The van der Waals surface area contributed by atoms with Gasteiger partial charge in [-0.1, -0.05) is 20.8 Å². The SMILES string of the molecule is CCCNc1nc(C2(C)CC2)nc(CC)c1Br. The third kappa shape index (κ3) is 2.62. The lowest BCUT2D eigenvalue weighted by Gasteiger charge is -2.14. The van der Waals surface area contributed by atoms with Gasteiger partial charge in [-0.2, -0.15) is 0 Å². The van der Waals surface area contributed by atoms with Crippen LogP contribution in [0.4, 0.5) is 5.82 Å². The molecule has 0 spiro atoms. The third-order valence-corrected chi connectivity index (χ3v) is 4.17. The molecule has 0 aromatic carbocycles. The van der Waals surface area contributed by atoms with Crippen LogP contribution in [0.5, 0.6) is 0 Å². The zero-order valence-electron chi connectivity index (χ0n) is 10.8. The Morgan fingerprint density at radius 1 is 1.29 bits per heavy atom. The van der Waals surface area contributed by atoms with E-state index in [1.807, 2.05) is 0 Å². The maximum Gasteiger partial charge on any atom is 0.144 e. The Kier molecular flexibility index (Phi) is 3.71. The third-order valence-electron chi connectivity index (χ3n) is 3.34. The van der Waals surface area contributed by atoms with Crippen LogP contribution in [0.2, 0.25) is 0 Å². The molecule has 3 nitrogen and oxygen atoms in total. The summed E-state index contributed by atoms with van der Waals surface area (Å²) < 4.78 is 1.03. The Bertz CT molecular complexity index is 413. The van der Waals surface area contributed by atoms with Crippen molar-refractivity contribution in [2.24, 2.45) is 0 Å². The fraction of sp³-hybridized carbons (Fsp3) is 0.692. The highest BCUT2D eigenvalue weighted by atomic mass is 79.9. The summed E-state index contributed by atoms with van der Waals surface area (Å²) in [6.45, 7) is 7.50. The molecule has 0 saturated heterocycles. The number of aryl methyl sites for hydroxylation is 1. The average molecular weight is 298 g/mol. The van der Waals surface area contributed by atoms with Crippen molar-refractivity contribution < 1.29 is 0 Å². The Morgan fingerprint density at radius 3 is 2.53 bits per heavy atom. The second-order valence-corrected chi connectivity index (χ2v) is 5.79. The molecule has 0 bridgehead atoms. The van der Waals surface area contributed by atoms with E-state index in [0.29, 0.717) is 0 Å². The van der Waals surface area contributed by atoms with E-state index >= 15 is 0 Å². The van der Waals surface area contributed by atoms with Crippen LogP contribution in [-0.2, 0) is 11.8 Å². The highest BCUT2D eigenvalue weighted by Crippen LogP contribution is 2.46. The molecular weight excluding hydrogens is 278 g/mol. The van der Waals surface area contributed by atoms with E-state index in [1.54, 1.807) is 0 Å². The van der Waals surface area contributed by atoms with Gasteiger partial charge in [-0.25, -0.2) is 9.97 Å². The lowest BCUT2D eigenvalue weighted by Crippen LogP contribution is -2.13. The Labute approximate surface area is 112 Å². The van der Waals surface area contributed by atoms with Crippen molar-refractivity contribution in [2.75, 3.05) is 11.9 Å². The number of hydrogen-bond acceptors (Lipinski definition) is 3. The predicted octanol–water partition coefficient (Wildman–Crippen LogP) is 3.67. The van der Waals surface area contributed by atoms with Crippen LogP contribution >= 0.6 is 15.9 Å². The first-order valence-electron chi connectivity index (χ1n) is 6.41. The van der Waals surface area contributed by atoms with Gasteiger partial charge >= 0.3 is 0 Å². The Hall–Kier alpha value is -0.640. The second kappa shape index (κ2) is 4.92. The van der Waals surface area contributed by atoms with E-state index in [-0.39, 0.29) is 5.41 Å². The van der Waals surface area contributed by atoms with E-state index in [0.717, 1.165) is 41.2 Å². The molecule has 0 unspecified atom stereocenters. The first-order chi connectivity index (χ1) is 8.10. The molecule has 94 valence electrons. The van der Waals surface area contributed by atoms with Gasteiger partial charge in [0, 0.05) is 12.0 Å². The molecule has 0 amide bonds. The fourth-order valence-corrected chi connectivity index (χ4v) is 2.37. The number of halogens is 1. The van der Waals surface area contributed by atoms with E-state index in [9.17, 15) is 0 Å². The summed E-state index contributed by atoms with van der Waals surface area (Å²) in [5.41, 5.74) is 1.34. The molecule has 4 heteroatoms. The number of nitrogens with zero attached hydrogens (tertiary/aromatic N) is 2. The molecule has 0 atom stereocenters. The summed E-state index contributed by atoms with van der Waals surface area (Å²) in [7, 11) is 0. The molecule has 17 heavy (non-hydrogen) atoms. The zero-order valence-corrected chi connectivity index (χ0v) is 12.4. The first kappa shape index (κ1) is 12.8. The van der Waals surface area contributed by atoms with Gasteiger partial charge in [0.05, 0.1) is 10.2 Å². The Balaban J connectivity index is 2.35. The molecule has 1 fully saturated rings. The molecule has 1 aliphatic carbocycles. The summed E-state index contributed by atoms with van der Waals surface area (Å²) in [4.78, 5) is 9.38. The lowest BCUT2D eigenvalue weighted by atomic mass is 10.1. The van der Waals surface area contributed by atoms with E-state index < -0.39 is 0 Å². The molecule has 2 rings (SSSR count). The average Bonchev–Trinajstić information content (AvgIpc) is 3.07. The van der Waals surface area contributed by atoms with Crippen LogP contribution in [0.25, 0.3) is 0 Å². The van der Waals surface area contributed by atoms with Gasteiger partial charge in [0.1, 0.15) is 11.6 Å². The predicted molar refractivity (Wildman–Crippen MR) is 74.5 cm³/mol. The molecule has 1 aliphatic rings. The first-order valence-corrected chi connectivity index (χ1v) is 7.20. The van der Waals surface area contributed by atoms with Gasteiger partial charge in [-0.15, -0.1) is 0 Å². The second-order valence-electron chi connectivity index (χ2n) is 5.00. The largest absolute Gasteiger partial charge is 0.369 e. The molecule has 0 aliphatic heterocycles. The Morgan fingerprint density at radius 2 is 2.00 bits per heavy atom. The van der Waals surface area contributed by atoms with Gasteiger partial charge in [0.25, 0.3) is 0 Å². The van der Waals surface area contributed by atoms with Crippen molar-refractivity contribution in [1.82, 2.24) is 9.97 Å². The smallest absolute Gasteiger partial charge is 0.144 e.